The molecular formula is C67H45N. The van der Waals surface area contributed by atoms with Gasteiger partial charge in [-0.3, -0.25) is 0 Å². The van der Waals surface area contributed by atoms with Gasteiger partial charge >= 0.3 is 0 Å². The average Bonchev–Trinajstić information content (AvgIpc) is 3.74. The van der Waals surface area contributed by atoms with Crippen LogP contribution in [0.5, 0.6) is 0 Å². The van der Waals surface area contributed by atoms with Gasteiger partial charge in [-0.15, -0.1) is 0 Å². The van der Waals surface area contributed by atoms with E-state index in [1.54, 1.807) is 0 Å². The zero-order valence-electron chi connectivity index (χ0n) is 41.1. The van der Waals surface area contributed by atoms with Crippen LogP contribution < -0.4 is 4.90 Å². The van der Waals surface area contributed by atoms with Gasteiger partial charge in [-0.1, -0.05) is 224 Å². The van der Waals surface area contributed by atoms with E-state index in [-0.39, 0.29) is 35.4 Å². The summed E-state index contributed by atoms with van der Waals surface area (Å²) < 4.78 is 39.3. The predicted molar refractivity (Wildman–Crippen MR) is 287 cm³/mol. The Bertz CT molecular complexity index is 4020. The Hall–Kier alpha value is -8.78. The molecule has 68 heavy (non-hydrogen) atoms. The first-order chi connectivity index (χ1) is 35.4. The Morgan fingerprint density at radius 3 is 1.60 bits per heavy atom. The maximum Gasteiger partial charge on any atom is 0.0714 e. The minimum atomic E-state index is -0.699. The first-order valence-corrected chi connectivity index (χ1v) is 23.2. The van der Waals surface area contributed by atoms with Gasteiger partial charge in [0.05, 0.1) is 10.9 Å². The Kier molecular flexibility index (Phi) is 8.49. The van der Waals surface area contributed by atoms with Gasteiger partial charge in [0.2, 0.25) is 0 Å². The molecule has 0 fully saturated rings. The number of nitrogens with zero attached hydrogens (tertiary/aromatic N) is 1. The summed E-state index contributed by atoms with van der Waals surface area (Å²) in [5, 5.41) is 6.68. The third kappa shape index (κ3) is 6.47. The molecule has 0 bridgehead atoms. The molecule has 12 aromatic carbocycles. The number of hydrogen-bond acceptors (Lipinski definition) is 1. The van der Waals surface area contributed by atoms with E-state index < -0.39 is 5.41 Å². The van der Waals surface area contributed by atoms with Crippen molar-refractivity contribution in [3.05, 3.63) is 295 Å². The lowest BCUT2D eigenvalue weighted by molar-refractivity contribution is 0.768. The molecule has 0 radical (unpaired) electrons. The molecule has 0 N–H and O–H groups in total. The lowest BCUT2D eigenvalue weighted by atomic mass is 9.67. The summed E-state index contributed by atoms with van der Waals surface area (Å²) in [6.45, 7) is 0. The van der Waals surface area contributed by atoms with Crippen molar-refractivity contribution in [3.8, 4) is 44.5 Å². The fraction of sp³-hybridized carbons (Fsp3) is 0.0149. The Balaban J connectivity index is 1.00. The maximum atomic E-state index is 9.94. The first-order valence-electron chi connectivity index (χ1n) is 25.2. The van der Waals surface area contributed by atoms with Crippen LogP contribution in [0.15, 0.2) is 273 Å². The predicted octanol–water partition coefficient (Wildman–Crippen LogP) is 18.0. The van der Waals surface area contributed by atoms with Crippen LogP contribution >= 0.6 is 0 Å². The van der Waals surface area contributed by atoms with Gasteiger partial charge in [0.15, 0.2) is 0 Å². The number of hydrogen-bond donors (Lipinski definition) is 0. The summed E-state index contributed by atoms with van der Waals surface area (Å²) in [6, 6.07) is 86.1. The highest BCUT2D eigenvalue weighted by Gasteiger charge is 2.46. The lowest BCUT2D eigenvalue weighted by Gasteiger charge is -2.35. The molecule has 0 atom stereocenters. The van der Waals surface area contributed by atoms with E-state index in [2.05, 4.69) is 206 Å². The van der Waals surface area contributed by atoms with Crippen LogP contribution in [0.1, 0.15) is 27.7 Å². The highest BCUT2D eigenvalue weighted by atomic mass is 15.1. The normalized spacial score (nSPS) is 13.4. The highest BCUT2D eigenvalue weighted by Crippen LogP contribution is 2.57. The molecule has 0 unspecified atom stereocenters. The molecule has 0 aromatic heterocycles. The number of benzene rings is 12. The fourth-order valence-electron chi connectivity index (χ4n) is 10.9. The zero-order chi connectivity index (χ0) is 48.5. The van der Waals surface area contributed by atoms with E-state index in [4.69, 9.17) is 0 Å². The molecule has 1 aliphatic rings. The quantitative estimate of drug-likeness (QED) is 0.138. The Morgan fingerprint density at radius 1 is 0.279 bits per heavy atom. The molecular weight excluding hydrogens is 819 g/mol. The number of anilines is 3. The minimum Gasteiger partial charge on any atom is -0.310 e. The second-order valence-electron chi connectivity index (χ2n) is 17.7. The summed E-state index contributed by atoms with van der Waals surface area (Å²) >= 11 is 0. The molecule has 0 heterocycles. The number of fused-ring (bicyclic) bond motifs is 7. The van der Waals surface area contributed by atoms with Crippen molar-refractivity contribution in [2.24, 2.45) is 0 Å². The molecule has 0 saturated carbocycles. The van der Waals surface area contributed by atoms with E-state index in [1.807, 2.05) is 47.4 Å². The molecule has 0 saturated heterocycles. The molecule has 0 aliphatic heterocycles. The zero-order valence-corrected chi connectivity index (χ0v) is 37.1. The van der Waals surface area contributed by atoms with Crippen LogP contribution in [-0.2, 0) is 5.41 Å². The van der Waals surface area contributed by atoms with Crippen LogP contribution in [0.2, 0.25) is 0 Å². The minimum absolute atomic E-state index is 0.102. The van der Waals surface area contributed by atoms with E-state index in [1.165, 1.54) is 21.9 Å². The van der Waals surface area contributed by atoms with Crippen molar-refractivity contribution in [2.45, 2.75) is 5.41 Å². The van der Waals surface area contributed by atoms with Crippen molar-refractivity contribution < 1.29 is 5.48 Å². The summed E-state index contributed by atoms with van der Waals surface area (Å²) in [5.74, 6) is 0. The van der Waals surface area contributed by atoms with Gasteiger partial charge in [-0.25, -0.2) is 0 Å². The molecule has 0 amide bonds. The van der Waals surface area contributed by atoms with Crippen LogP contribution in [-0.4, -0.2) is 0 Å². The van der Waals surface area contributed by atoms with Crippen LogP contribution in [0.4, 0.5) is 17.1 Å². The summed E-state index contributed by atoms with van der Waals surface area (Å²) in [6.07, 6.45) is 0. The summed E-state index contributed by atoms with van der Waals surface area (Å²) in [4.78, 5) is 1.93. The van der Waals surface area contributed by atoms with Crippen molar-refractivity contribution >= 4 is 49.4 Å². The molecule has 318 valence electrons. The molecule has 1 aliphatic carbocycles. The SMILES string of the molecule is [2H]c1c([2H])c(N(c2ccc(-c3cccc(-c4cccc5ccccc45)c3)cc2)c2ccc3c(c2)C(c2ccccc2)(c2ccccc2)c2ccccc2-3)c([2H])c([2H])c1-c1ccc2c(ccc3ccccc32)c1. The van der Waals surface area contributed by atoms with E-state index >= 15 is 0 Å². The standard InChI is InChI=1S/C67H45N/c1-3-20-54(21-4-1)67(55-22-5-2-6-23-55)65-28-12-11-26-63(65)64-42-40-58(45-66(64)67)68(57-38-33-47(34-39-57)51-35-41-62-53(44-51)30-29-49-16-8-10-25-60(49)62)56-36-31-46(32-37-56)50-18-13-19-52(43-50)61-27-14-17-48-15-7-9-24-59(48)61/h1-45H/i33D,34D,38D,39D. The van der Waals surface area contributed by atoms with Crippen LogP contribution in [0.25, 0.3) is 76.8 Å². The molecule has 1 nitrogen and oxygen atoms in total. The highest BCUT2D eigenvalue weighted by molar-refractivity contribution is 6.08. The first kappa shape index (κ1) is 35.5. The molecule has 13 rings (SSSR count). The Labute approximate surface area is 403 Å². The summed E-state index contributed by atoms with van der Waals surface area (Å²) in [7, 11) is 0. The third-order valence-electron chi connectivity index (χ3n) is 14.0. The van der Waals surface area contributed by atoms with Gasteiger partial charge in [-0.2, -0.15) is 0 Å². The topological polar surface area (TPSA) is 3.24 Å². The van der Waals surface area contributed by atoms with Gasteiger partial charge in [0.25, 0.3) is 0 Å². The maximum absolute atomic E-state index is 9.94. The lowest BCUT2D eigenvalue weighted by Crippen LogP contribution is -2.28. The van der Waals surface area contributed by atoms with Crippen LogP contribution in [0, 0.1) is 0 Å². The summed E-state index contributed by atoms with van der Waals surface area (Å²) in [5.41, 5.74) is 12.9. The Morgan fingerprint density at radius 2 is 0.824 bits per heavy atom. The second-order valence-corrected chi connectivity index (χ2v) is 17.7. The smallest absolute Gasteiger partial charge is 0.0714 e. The van der Waals surface area contributed by atoms with Gasteiger partial charge in [-0.05, 0) is 148 Å². The average molecular weight is 868 g/mol. The van der Waals surface area contributed by atoms with E-state index in [9.17, 15) is 5.48 Å². The second kappa shape index (κ2) is 16.3. The fourth-order valence-corrected chi connectivity index (χ4v) is 10.9. The monoisotopic (exact) mass is 867 g/mol. The number of rotatable bonds is 8. The van der Waals surface area contributed by atoms with Gasteiger partial charge in [0, 0.05) is 17.1 Å². The third-order valence-corrected chi connectivity index (χ3v) is 14.0. The molecule has 12 aromatic rings. The largest absolute Gasteiger partial charge is 0.310 e. The van der Waals surface area contributed by atoms with Gasteiger partial charge < -0.3 is 4.90 Å². The van der Waals surface area contributed by atoms with Gasteiger partial charge in [0.1, 0.15) is 0 Å². The van der Waals surface area contributed by atoms with Crippen LogP contribution in [0.3, 0.4) is 0 Å². The van der Waals surface area contributed by atoms with Crippen molar-refractivity contribution in [1.29, 1.82) is 0 Å². The van der Waals surface area contributed by atoms with Crippen molar-refractivity contribution in [2.75, 3.05) is 4.90 Å². The van der Waals surface area contributed by atoms with E-state index in [0.29, 0.717) is 11.3 Å². The molecule has 1 heteroatoms. The van der Waals surface area contributed by atoms with Crippen molar-refractivity contribution in [1.82, 2.24) is 0 Å². The molecule has 0 spiro atoms. The van der Waals surface area contributed by atoms with Crippen molar-refractivity contribution in [3.63, 3.8) is 0 Å². The van der Waals surface area contributed by atoms with E-state index in [0.717, 1.165) is 71.7 Å².